The summed E-state index contributed by atoms with van der Waals surface area (Å²) in [7, 11) is 0. The van der Waals surface area contributed by atoms with E-state index in [2.05, 4.69) is 10.4 Å². The molecular weight excluding hydrogens is 375 g/mol. The van der Waals surface area contributed by atoms with Gasteiger partial charge in [-0.25, -0.2) is 4.68 Å². The minimum Gasteiger partial charge on any atom is -0.322 e. The summed E-state index contributed by atoms with van der Waals surface area (Å²) >= 11 is 1.55. The van der Waals surface area contributed by atoms with Gasteiger partial charge in [-0.1, -0.05) is 12.1 Å². The Bertz CT molecular complexity index is 982. The van der Waals surface area contributed by atoms with Gasteiger partial charge in [0.1, 0.15) is 0 Å². The number of halogens is 3. The first kappa shape index (κ1) is 19.0. The Kier molecular flexibility index (Phi) is 5.27. The Morgan fingerprint density at radius 3 is 2.59 bits per heavy atom. The Balaban J connectivity index is 1.88. The van der Waals surface area contributed by atoms with E-state index in [1.165, 1.54) is 23.0 Å². The summed E-state index contributed by atoms with van der Waals surface area (Å²) in [5.41, 5.74) is 0.855. The highest BCUT2D eigenvalue weighted by atomic mass is 32.2. The second kappa shape index (κ2) is 7.48. The van der Waals surface area contributed by atoms with Gasteiger partial charge in [0.05, 0.1) is 28.7 Å². The Hall–Kier alpha value is -2.74. The van der Waals surface area contributed by atoms with Gasteiger partial charge in [-0.05, 0) is 49.6 Å². The van der Waals surface area contributed by atoms with E-state index in [0.717, 1.165) is 17.0 Å². The van der Waals surface area contributed by atoms with Crippen LogP contribution < -0.4 is 5.32 Å². The number of thioether (sulfide) groups is 1. The van der Waals surface area contributed by atoms with Crippen LogP contribution in [0.5, 0.6) is 0 Å². The first-order valence-electron chi connectivity index (χ1n) is 7.97. The zero-order valence-corrected chi connectivity index (χ0v) is 15.4. The van der Waals surface area contributed by atoms with Crippen LogP contribution in [0.4, 0.5) is 18.9 Å². The first-order chi connectivity index (χ1) is 12.8. The van der Waals surface area contributed by atoms with Crippen LogP contribution in [0, 0.1) is 6.92 Å². The maximum atomic E-state index is 12.9. The summed E-state index contributed by atoms with van der Waals surface area (Å²) in [5.74, 6) is -0.371. The molecule has 0 radical (unpaired) electrons. The lowest BCUT2D eigenvalue weighted by Crippen LogP contribution is -2.13. The number of amides is 1. The Labute approximate surface area is 158 Å². The number of benzene rings is 2. The van der Waals surface area contributed by atoms with Crippen molar-refractivity contribution < 1.29 is 18.0 Å². The van der Waals surface area contributed by atoms with Crippen molar-refractivity contribution in [2.24, 2.45) is 0 Å². The molecule has 1 N–H and O–H groups in total. The first-order valence-corrected chi connectivity index (χ1v) is 9.20. The number of alkyl halides is 3. The van der Waals surface area contributed by atoms with Crippen LogP contribution in [0.25, 0.3) is 5.69 Å². The summed E-state index contributed by atoms with van der Waals surface area (Å²) in [6, 6.07) is 12.2. The summed E-state index contributed by atoms with van der Waals surface area (Å²) < 4.78 is 40.1. The van der Waals surface area contributed by atoms with Gasteiger partial charge in [0.25, 0.3) is 5.91 Å². The third-order valence-corrected chi connectivity index (χ3v) is 4.73. The van der Waals surface area contributed by atoms with Gasteiger partial charge in [0, 0.05) is 10.6 Å². The molecule has 8 heteroatoms. The average molecular weight is 391 g/mol. The molecule has 4 nitrogen and oxygen atoms in total. The molecular formula is C19H16F3N3OS. The van der Waals surface area contributed by atoms with Crippen LogP contribution in [-0.2, 0) is 6.18 Å². The topological polar surface area (TPSA) is 46.9 Å². The number of rotatable bonds is 4. The van der Waals surface area contributed by atoms with Gasteiger partial charge in [0.2, 0.25) is 0 Å². The fourth-order valence-corrected chi connectivity index (χ4v) is 3.07. The zero-order chi connectivity index (χ0) is 19.6. The van der Waals surface area contributed by atoms with E-state index in [1.54, 1.807) is 24.8 Å². The number of hydrogen-bond donors (Lipinski definition) is 1. The molecule has 0 atom stereocenters. The number of carbonyl (C=O) groups excluding carboxylic acids is 1. The molecule has 3 aromatic rings. The monoisotopic (exact) mass is 391 g/mol. The molecule has 3 rings (SSSR count). The molecule has 140 valence electrons. The molecule has 0 bridgehead atoms. The lowest BCUT2D eigenvalue weighted by atomic mass is 10.2. The van der Waals surface area contributed by atoms with Crippen molar-refractivity contribution in [1.82, 2.24) is 9.78 Å². The van der Waals surface area contributed by atoms with Gasteiger partial charge < -0.3 is 5.32 Å². The van der Waals surface area contributed by atoms with Crippen molar-refractivity contribution in [3.05, 3.63) is 71.5 Å². The summed E-state index contributed by atoms with van der Waals surface area (Å²) in [4.78, 5) is 13.6. The van der Waals surface area contributed by atoms with Crippen LogP contribution in [-0.4, -0.2) is 21.9 Å². The largest absolute Gasteiger partial charge is 0.416 e. The van der Waals surface area contributed by atoms with Crippen LogP contribution in [0.2, 0.25) is 0 Å². The van der Waals surface area contributed by atoms with Crippen LogP contribution in [0.3, 0.4) is 0 Å². The standard InChI is InChI=1S/C19H16F3N3OS/c1-12-17(18(26)24-14-6-4-8-16(10-14)27-2)11-23-25(12)15-7-3-5-13(9-15)19(20,21)22/h3-11H,1-2H3,(H,24,26). The molecule has 1 aromatic heterocycles. The second-order valence-corrected chi connectivity index (χ2v) is 6.67. The van der Waals surface area contributed by atoms with E-state index in [-0.39, 0.29) is 11.6 Å². The van der Waals surface area contributed by atoms with Crippen LogP contribution in [0.15, 0.2) is 59.6 Å². The summed E-state index contributed by atoms with van der Waals surface area (Å²) in [5, 5.41) is 6.88. The van der Waals surface area contributed by atoms with E-state index in [9.17, 15) is 18.0 Å². The van der Waals surface area contributed by atoms with Crippen molar-refractivity contribution in [2.75, 3.05) is 11.6 Å². The molecule has 0 saturated heterocycles. The van der Waals surface area contributed by atoms with E-state index >= 15 is 0 Å². The SMILES string of the molecule is CSc1cccc(NC(=O)c2cnn(-c3cccc(C(F)(F)F)c3)c2C)c1. The summed E-state index contributed by atoms with van der Waals surface area (Å²) in [6.45, 7) is 1.64. The second-order valence-electron chi connectivity index (χ2n) is 5.79. The van der Waals surface area contributed by atoms with Crippen LogP contribution >= 0.6 is 11.8 Å². The molecule has 0 fully saturated rings. The van der Waals surface area contributed by atoms with Gasteiger partial charge in [-0.3, -0.25) is 4.79 Å². The number of nitrogens with one attached hydrogen (secondary N) is 1. The highest BCUT2D eigenvalue weighted by molar-refractivity contribution is 7.98. The van der Waals surface area contributed by atoms with Gasteiger partial charge in [-0.15, -0.1) is 11.8 Å². The van der Waals surface area contributed by atoms with Crippen molar-refractivity contribution in [1.29, 1.82) is 0 Å². The molecule has 0 spiro atoms. The van der Waals surface area contributed by atoms with E-state index in [4.69, 9.17) is 0 Å². The van der Waals surface area contributed by atoms with Crippen molar-refractivity contribution in [3.63, 3.8) is 0 Å². The molecule has 0 aliphatic carbocycles. The highest BCUT2D eigenvalue weighted by Crippen LogP contribution is 2.30. The molecule has 27 heavy (non-hydrogen) atoms. The number of carbonyl (C=O) groups is 1. The highest BCUT2D eigenvalue weighted by Gasteiger charge is 2.30. The number of hydrogen-bond acceptors (Lipinski definition) is 3. The maximum Gasteiger partial charge on any atom is 0.416 e. The third-order valence-electron chi connectivity index (χ3n) is 4.00. The number of nitrogens with zero attached hydrogens (tertiary/aromatic N) is 2. The quantitative estimate of drug-likeness (QED) is 0.624. The van der Waals surface area contributed by atoms with Gasteiger partial charge >= 0.3 is 6.18 Å². The molecule has 0 unspecified atom stereocenters. The molecule has 1 amide bonds. The normalized spacial score (nSPS) is 11.4. The Morgan fingerprint density at radius 2 is 1.89 bits per heavy atom. The van der Waals surface area contributed by atoms with Crippen LogP contribution in [0.1, 0.15) is 21.6 Å². The van der Waals surface area contributed by atoms with Crippen molar-refractivity contribution in [3.8, 4) is 5.69 Å². The third kappa shape index (κ3) is 4.16. The molecule has 0 saturated carbocycles. The molecule has 0 aliphatic heterocycles. The molecule has 1 heterocycles. The average Bonchev–Trinajstić information content (AvgIpc) is 3.03. The number of anilines is 1. The minimum absolute atomic E-state index is 0.241. The predicted molar refractivity (Wildman–Crippen MR) is 99.5 cm³/mol. The maximum absolute atomic E-state index is 12.9. The molecule has 0 aliphatic rings. The lowest BCUT2D eigenvalue weighted by Gasteiger charge is -2.10. The van der Waals surface area contributed by atoms with Crippen molar-refractivity contribution in [2.45, 2.75) is 18.0 Å². The van der Waals surface area contributed by atoms with Gasteiger partial charge in [-0.2, -0.15) is 18.3 Å². The minimum atomic E-state index is -4.44. The summed E-state index contributed by atoms with van der Waals surface area (Å²) in [6.07, 6.45) is -1.16. The zero-order valence-electron chi connectivity index (χ0n) is 14.5. The van der Waals surface area contributed by atoms with E-state index < -0.39 is 11.7 Å². The van der Waals surface area contributed by atoms with Gasteiger partial charge in [0.15, 0.2) is 0 Å². The fourth-order valence-electron chi connectivity index (χ4n) is 2.61. The van der Waals surface area contributed by atoms with E-state index in [1.807, 2.05) is 24.5 Å². The Morgan fingerprint density at radius 1 is 1.15 bits per heavy atom. The van der Waals surface area contributed by atoms with E-state index in [0.29, 0.717) is 16.9 Å². The number of aromatic nitrogens is 2. The van der Waals surface area contributed by atoms with Crippen molar-refractivity contribution >= 4 is 23.4 Å². The molecule has 2 aromatic carbocycles. The lowest BCUT2D eigenvalue weighted by molar-refractivity contribution is -0.137. The predicted octanol–water partition coefficient (Wildman–Crippen LogP) is 5.17. The smallest absolute Gasteiger partial charge is 0.322 e. The fraction of sp³-hybridized carbons (Fsp3) is 0.158.